The number of anilines is 1. The number of hydrogen-bond donors (Lipinski definition) is 1. The summed E-state index contributed by atoms with van der Waals surface area (Å²) in [6.07, 6.45) is 6.62. The van der Waals surface area contributed by atoms with Gasteiger partial charge in [-0.05, 0) is 45.6 Å². The minimum atomic E-state index is 0.155. The van der Waals surface area contributed by atoms with Crippen molar-refractivity contribution in [1.29, 1.82) is 0 Å². The average Bonchev–Trinajstić information content (AvgIpc) is 2.99. The highest BCUT2D eigenvalue weighted by molar-refractivity contribution is 5.79. The number of aromatic nitrogens is 2. The van der Waals surface area contributed by atoms with Crippen LogP contribution < -0.4 is 10.2 Å². The first kappa shape index (κ1) is 15.3. The molecule has 1 saturated carbocycles. The Hall–Kier alpha value is -1.65. The Balaban J connectivity index is 1.54. The molecule has 0 bridgehead atoms. The fourth-order valence-electron chi connectivity index (χ4n) is 3.58. The molecule has 2 heterocycles. The zero-order valence-electron chi connectivity index (χ0n) is 13.6. The van der Waals surface area contributed by atoms with Gasteiger partial charge >= 0.3 is 0 Å². The lowest BCUT2D eigenvalue weighted by Crippen LogP contribution is -2.43. The summed E-state index contributed by atoms with van der Waals surface area (Å²) in [5, 5.41) is 3.23. The van der Waals surface area contributed by atoms with Crippen molar-refractivity contribution in [2.24, 2.45) is 5.92 Å². The summed E-state index contributed by atoms with van der Waals surface area (Å²) < 4.78 is 0. The summed E-state index contributed by atoms with van der Waals surface area (Å²) >= 11 is 0. The molecule has 5 nitrogen and oxygen atoms in total. The van der Waals surface area contributed by atoms with Crippen molar-refractivity contribution >= 4 is 11.9 Å². The second kappa shape index (κ2) is 6.63. The zero-order chi connectivity index (χ0) is 15.5. The summed E-state index contributed by atoms with van der Waals surface area (Å²) in [6.45, 7) is 5.73. The number of hydrogen-bond acceptors (Lipinski definition) is 4. The number of amides is 1. The summed E-state index contributed by atoms with van der Waals surface area (Å²) in [7, 11) is 0. The number of carbonyl (C=O) groups is 1. The molecule has 0 spiro atoms. The van der Waals surface area contributed by atoms with Crippen LogP contribution in [0.3, 0.4) is 0 Å². The standard InChI is InChI=1S/C17H26N4O/c1-12-11-13(2)19-17(18-12)21-9-7-14(8-10-21)16(22)20-15-5-3-4-6-15/h11,14-15H,3-10H2,1-2H3,(H,20,22). The van der Waals surface area contributed by atoms with E-state index in [4.69, 9.17) is 0 Å². The maximum absolute atomic E-state index is 12.3. The van der Waals surface area contributed by atoms with Crippen LogP contribution in [0, 0.1) is 19.8 Å². The van der Waals surface area contributed by atoms with E-state index in [1.54, 1.807) is 0 Å². The van der Waals surface area contributed by atoms with E-state index in [9.17, 15) is 4.79 Å². The van der Waals surface area contributed by atoms with Crippen LogP contribution in [-0.4, -0.2) is 35.0 Å². The first-order valence-electron chi connectivity index (χ1n) is 8.49. The second-order valence-electron chi connectivity index (χ2n) is 6.70. The van der Waals surface area contributed by atoms with Crippen LogP contribution >= 0.6 is 0 Å². The number of carbonyl (C=O) groups excluding carboxylic acids is 1. The number of aryl methyl sites for hydroxylation is 2. The molecule has 1 saturated heterocycles. The smallest absolute Gasteiger partial charge is 0.225 e. The quantitative estimate of drug-likeness (QED) is 0.931. The van der Waals surface area contributed by atoms with E-state index in [-0.39, 0.29) is 11.8 Å². The van der Waals surface area contributed by atoms with Crippen molar-refractivity contribution in [3.05, 3.63) is 17.5 Å². The molecular formula is C17H26N4O. The van der Waals surface area contributed by atoms with Crippen LogP contribution in [-0.2, 0) is 4.79 Å². The lowest BCUT2D eigenvalue weighted by molar-refractivity contribution is -0.126. The largest absolute Gasteiger partial charge is 0.353 e. The molecule has 0 aromatic carbocycles. The van der Waals surface area contributed by atoms with Crippen LogP contribution in [0.5, 0.6) is 0 Å². The Labute approximate surface area is 132 Å². The van der Waals surface area contributed by atoms with Crippen molar-refractivity contribution < 1.29 is 4.79 Å². The van der Waals surface area contributed by atoms with Crippen molar-refractivity contribution in [3.63, 3.8) is 0 Å². The van der Waals surface area contributed by atoms with Gasteiger partial charge in [-0.15, -0.1) is 0 Å². The van der Waals surface area contributed by atoms with Gasteiger partial charge in [0.1, 0.15) is 0 Å². The fourth-order valence-corrected chi connectivity index (χ4v) is 3.58. The lowest BCUT2D eigenvalue weighted by Gasteiger charge is -2.32. The molecule has 3 rings (SSSR count). The van der Waals surface area contributed by atoms with Crippen molar-refractivity contribution in [1.82, 2.24) is 15.3 Å². The van der Waals surface area contributed by atoms with Gasteiger partial charge < -0.3 is 10.2 Å². The van der Waals surface area contributed by atoms with Gasteiger partial charge in [0.05, 0.1) is 0 Å². The third-order valence-electron chi connectivity index (χ3n) is 4.82. The van der Waals surface area contributed by atoms with Crippen molar-refractivity contribution in [3.8, 4) is 0 Å². The minimum Gasteiger partial charge on any atom is -0.353 e. The topological polar surface area (TPSA) is 58.1 Å². The molecule has 0 radical (unpaired) electrons. The normalized spacial score (nSPS) is 20.4. The highest BCUT2D eigenvalue weighted by Crippen LogP contribution is 2.23. The predicted molar refractivity (Wildman–Crippen MR) is 86.8 cm³/mol. The Morgan fingerprint density at radius 1 is 1.09 bits per heavy atom. The SMILES string of the molecule is Cc1cc(C)nc(N2CCC(C(=O)NC3CCCC3)CC2)n1. The summed E-state index contributed by atoms with van der Waals surface area (Å²) in [5.74, 6) is 1.22. The molecule has 1 aliphatic carbocycles. The van der Waals surface area contributed by atoms with E-state index in [0.29, 0.717) is 6.04 Å². The molecule has 1 N–H and O–H groups in total. The molecule has 1 aromatic heterocycles. The van der Waals surface area contributed by atoms with Crippen LogP contribution in [0.1, 0.15) is 49.9 Å². The molecule has 0 unspecified atom stereocenters. The average molecular weight is 302 g/mol. The predicted octanol–water partition coefficient (Wildman–Crippen LogP) is 2.37. The fraction of sp³-hybridized carbons (Fsp3) is 0.706. The van der Waals surface area contributed by atoms with Crippen LogP contribution in [0.2, 0.25) is 0 Å². The lowest BCUT2D eigenvalue weighted by atomic mass is 9.95. The molecule has 1 aliphatic heterocycles. The first-order valence-corrected chi connectivity index (χ1v) is 8.49. The zero-order valence-corrected chi connectivity index (χ0v) is 13.6. The second-order valence-corrected chi connectivity index (χ2v) is 6.70. The van der Waals surface area contributed by atoms with Crippen LogP contribution in [0.15, 0.2) is 6.07 Å². The third kappa shape index (κ3) is 3.57. The minimum absolute atomic E-state index is 0.155. The molecule has 2 fully saturated rings. The monoisotopic (exact) mass is 302 g/mol. The van der Waals surface area contributed by atoms with Gasteiger partial charge in [-0.25, -0.2) is 9.97 Å². The molecule has 2 aliphatic rings. The molecule has 120 valence electrons. The Kier molecular flexibility index (Phi) is 4.60. The first-order chi connectivity index (χ1) is 10.6. The van der Waals surface area contributed by atoms with Gasteiger partial charge in [0.15, 0.2) is 0 Å². The molecule has 1 aromatic rings. The Morgan fingerprint density at radius 2 is 1.68 bits per heavy atom. The van der Waals surface area contributed by atoms with Crippen molar-refractivity contribution in [2.75, 3.05) is 18.0 Å². The van der Waals surface area contributed by atoms with E-state index < -0.39 is 0 Å². The van der Waals surface area contributed by atoms with E-state index in [2.05, 4.69) is 20.2 Å². The maximum atomic E-state index is 12.3. The Morgan fingerprint density at radius 3 is 2.27 bits per heavy atom. The number of piperidine rings is 1. The van der Waals surface area contributed by atoms with Gasteiger partial charge in [-0.3, -0.25) is 4.79 Å². The van der Waals surface area contributed by atoms with E-state index in [1.165, 1.54) is 12.8 Å². The van der Waals surface area contributed by atoms with E-state index in [1.807, 2.05) is 19.9 Å². The van der Waals surface area contributed by atoms with E-state index >= 15 is 0 Å². The highest BCUT2D eigenvalue weighted by Gasteiger charge is 2.28. The van der Waals surface area contributed by atoms with Gasteiger partial charge in [-0.1, -0.05) is 12.8 Å². The number of nitrogens with one attached hydrogen (secondary N) is 1. The third-order valence-corrected chi connectivity index (χ3v) is 4.82. The Bertz CT molecular complexity index is 511. The van der Waals surface area contributed by atoms with Crippen LogP contribution in [0.25, 0.3) is 0 Å². The van der Waals surface area contributed by atoms with Gasteiger partial charge in [0.2, 0.25) is 11.9 Å². The molecule has 5 heteroatoms. The van der Waals surface area contributed by atoms with Gasteiger partial charge in [0, 0.05) is 36.4 Å². The molecule has 0 atom stereocenters. The summed E-state index contributed by atoms with van der Waals surface area (Å²) in [6, 6.07) is 2.42. The highest BCUT2D eigenvalue weighted by atomic mass is 16.1. The molecular weight excluding hydrogens is 276 g/mol. The van der Waals surface area contributed by atoms with Crippen LogP contribution in [0.4, 0.5) is 5.95 Å². The molecule has 22 heavy (non-hydrogen) atoms. The number of nitrogens with zero attached hydrogens (tertiary/aromatic N) is 3. The molecule has 1 amide bonds. The maximum Gasteiger partial charge on any atom is 0.225 e. The van der Waals surface area contributed by atoms with Crippen molar-refractivity contribution in [2.45, 2.75) is 58.4 Å². The van der Waals surface area contributed by atoms with Gasteiger partial charge in [-0.2, -0.15) is 0 Å². The summed E-state index contributed by atoms with van der Waals surface area (Å²) in [5.41, 5.74) is 2.01. The number of rotatable bonds is 3. The summed E-state index contributed by atoms with van der Waals surface area (Å²) in [4.78, 5) is 23.6. The van der Waals surface area contributed by atoms with Gasteiger partial charge in [0.25, 0.3) is 0 Å². The van der Waals surface area contributed by atoms with E-state index in [0.717, 1.165) is 56.1 Å².